The van der Waals surface area contributed by atoms with Gasteiger partial charge in [0, 0.05) is 12.4 Å². The van der Waals surface area contributed by atoms with Crippen LogP contribution in [0.15, 0.2) is 36.7 Å². The molecule has 1 unspecified atom stereocenters. The van der Waals surface area contributed by atoms with Crippen molar-refractivity contribution in [2.24, 2.45) is 0 Å². The maximum atomic E-state index is 10.00. The minimum atomic E-state index is -0.415. The van der Waals surface area contributed by atoms with Gasteiger partial charge in [-0.2, -0.15) is 0 Å². The highest BCUT2D eigenvalue weighted by Gasteiger charge is 2.09. The van der Waals surface area contributed by atoms with E-state index in [-0.39, 0.29) is 0 Å². The highest BCUT2D eigenvalue weighted by molar-refractivity contribution is 5.55. The van der Waals surface area contributed by atoms with Crippen LogP contribution in [0.1, 0.15) is 37.0 Å². The Morgan fingerprint density at radius 1 is 1.11 bits per heavy atom. The zero-order valence-corrected chi connectivity index (χ0v) is 10.8. The van der Waals surface area contributed by atoms with Gasteiger partial charge in [-0.1, -0.05) is 13.3 Å². The van der Waals surface area contributed by atoms with Crippen molar-refractivity contribution >= 4 is 0 Å². The van der Waals surface area contributed by atoms with Gasteiger partial charge in [0.05, 0.1) is 17.5 Å². The molecule has 0 bridgehead atoms. The molecule has 0 radical (unpaired) electrons. The van der Waals surface area contributed by atoms with Gasteiger partial charge in [0.1, 0.15) is 0 Å². The molecule has 3 nitrogen and oxygen atoms in total. The van der Waals surface area contributed by atoms with Crippen LogP contribution in [-0.4, -0.2) is 15.1 Å². The Labute approximate surface area is 108 Å². The molecule has 1 atom stereocenters. The van der Waals surface area contributed by atoms with Gasteiger partial charge in [0.2, 0.25) is 0 Å². The number of pyridine rings is 2. The summed E-state index contributed by atoms with van der Waals surface area (Å²) >= 11 is 0. The fourth-order valence-electron chi connectivity index (χ4n) is 1.91. The summed E-state index contributed by atoms with van der Waals surface area (Å²) in [5.41, 5.74) is 3.72. The van der Waals surface area contributed by atoms with Gasteiger partial charge in [0.25, 0.3) is 0 Å². The zero-order valence-electron chi connectivity index (χ0n) is 10.8. The van der Waals surface area contributed by atoms with Crippen LogP contribution >= 0.6 is 0 Å². The minimum Gasteiger partial charge on any atom is -0.388 e. The van der Waals surface area contributed by atoms with E-state index >= 15 is 0 Å². The van der Waals surface area contributed by atoms with Crippen LogP contribution in [0.3, 0.4) is 0 Å². The van der Waals surface area contributed by atoms with E-state index in [0.29, 0.717) is 0 Å². The lowest BCUT2D eigenvalue weighted by Crippen LogP contribution is -1.98. The summed E-state index contributed by atoms with van der Waals surface area (Å²) in [5, 5.41) is 10.00. The van der Waals surface area contributed by atoms with Gasteiger partial charge in [-0.15, -0.1) is 0 Å². The van der Waals surface area contributed by atoms with Crippen LogP contribution in [0.25, 0.3) is 11.4 Å². The molecule has 94 valence electrons. The lowest BCUT2D eigenvalue weighted by atomic mass is 10.0. The Kier molecular flexibility index (Phi) is 4.05. The van der Waals surface area contributed by atoms with Crippen LogP contribution in [0.5, 0.6) is 0 Å². The first-order chi connectivity index (χ1) is 8.70. The quantitative estimate of drug-likeness (QED) is 0.894. The Morgan fingerprint density at radius 3 is 2.44 bits per heavy atom. The summed E-state index contributed by atoms with van der Waals surface area (Å²) in [5.74, 6) is 0. The normalized spacial score (nSPS) is 12.4. The number of aromatic nitrogens is 2. The molecule has 2 heterocycles. The third-order valence-corrected chi connectivity index (χ3v) is 2.91. The first-order valence-electron chi connectivity index (χ1n) is 6.27. The van der Waals surface area contributed by atoms with E-state index in [2.05, 4.69) is 16.9 Å². The monoisotopic (exact) mass is 242 g/mol. The molecule has 0 saturated heterocycles. The number of aliphatic hydroxyl groups is 1. The van der Waals surface area contributed by atoms with Gasteiger partial charge >= 0.3 is 0 Å². The van der Waals surface area contributed by atoms with Crippen LogP contribution in [0, 0.1) is 6.92 Å². The highest BCUT2D eigenvalue weighted by Crippen LogP contribution is 2.22. The predicted octanol–water partition coefficient (Wildman–Crippen LogP) is 3.29. The molecule has 2 aromatic heterocycles. The number of hydrogen-bond donors (Lipinski definition) is 1. The molecule has 0 fully saturated rings. The molecule has 0 saturated carbocycles. The second-order valence-corrected chi connectivity index (χ2v) is 4.50. The van der Waals surface area contributed by atoms with Crippen molar-refractivity contribution in [2.75, 3.05) is 0 Å². The molecule has 0 aliphatic carbocycles. The first-order valence-corrected chi connectivity index (χ1v) is 6.27. The second-order valence-electron chi connectivity index (χ2n) is 4.50. The highest BCUT2D eigenvalue weighted by atomic mass is 16.3. The summed E-state index contributed by atoms with van der Waals surface area (Å²) in [7, 11) is 0. The molecule has 0 amide bonds. The molecular formula is C15H18N2O. The van der Waals surface area contributed by atoms with Crippen LogP contribution < -0.4 is 0 Å². The van der Waals surface area contributed by atoms with E-state index in [1.54, 1.807) is 12.4 Å². The Bertz CT molecular complexity index is 525. The smallest absolute Gasteiger partial charge is 0.0889 e. The third kappa shape index (κ3) is 2.93. The van der Waals surface area contributed by atoms with E-state index < -0.39 is 6.10 Å². The molecule has 0 spiro atoms. The summed E-state index contributed by atoms with van der Waals surface area (Å²) in [4.78, 5) is 8.63. The topological polar surface area (TPSA) is 46.0 Å². The molecule has 2 rings (SSSR count). The predicted molar refractivity (Wildman–Crippen MR) is 72.1 cm³/mol. The third-order valence-electron chi connectivity index (χ3n) is 2.91. The molecule has 18 heavy (non-hydrogen) atoms. The molecule has 0 aliphatic heterocycles. The Morgan fingerprint density at radius 2 is 1.78 bits per heavy atom. The minimum absolute atomic E-state index is 0.415. The van der Waals surface area contributed by atoms with Crippen molar-refractivity contribution in [3.8, 4) is 11.4 Å². The average Bonchev–Trinajstić information content (AvgIpc) is 2.39. The van der Waals surface area contributed by atoms with E-state index in [4.69, 9.17) is 0 Å². The first kappa shape index (κ1) is 12.7. The number of aliphatic hydroxyl groups excluding tert-OH is 1. The number of rotatable bonds is 4. The summed E-state index contributed by atoms with van der Waals surface area (Å²) in [6.45, 7) is 4.09. The largest absolute Gasteiger partial charge is 0.388 e. The zero-order chi connectivity index (χ0) is 13.0. The maximum absolute atomic E-state index is 10.00. The lowest BCUT2D eigenvalue weighted by molar-refractivity contribution is 0.166. The molecule has 0 aliphatic rings. The van der Waals surface area contributed by atoms with Crippen molar-refractivity contribution < 1.29 is 5.11 Å². The van der Waals surface area contributed by atoms with Crippen LogP contribution in [0.4, 0.5) is 0 Å². The molecular weight excluding hydrogens is 224 g/mol. The lowest BCUT2D eigenvalue weighted by Gasteiger charge is -2.10. The van der Waals surface area contributed by atoms with Crippen molar-refractivity contribution in [1.82, 2.24) is 9.97 Å². The maximum Gasteiger partial charge on any atom is 0.0889 e. The molecule has 3 heteroatoms. The van der Waals surface area contributed by atoms with Crippen molar-refractivity contribution in [3.05, 3.63) is 47.8 Å². The van der Waals surface area contributed by atoms with Crippen molar-refractivity contribution in [2.45, 2.75) is 32.8 Å². The van der Waals surface area contributed by atoms with Gasteiger partial charge in [0.15, 0.2) is 0 Å². The van der Waals surface area contributed by atoms with E-state index in [0.717, 1.165) is 35.4 Å². The number of aryl methyl sites for hydroxylation is 1. The second kappa shape index (κ2) is 5.74. The van der Waals surface area contributed by atoms with E-state index in [1.807, 2.05) is 31.2 Å². The Hall–Kier alpha value is -1.74. The molecule has 1 N–H and O–H groups in total. The standard InChI is InChI=1S/C15H18N2O/c1-3-4-15(18)12-6-8-17-14(10-12)13-9-11(2)5-7-16-13/h5-10,15,18H,3-4H2,1-2H3. The summed E-state index contributed by atoms with van der Waals surface area (Å²) in [6.07, 6.45) is 4.82. The van der Waals surface area contributed by atoms with Crippen LogP contribution in [-0.2, 0) is 0 Å². The van der Waals surface area contributed by atoms with E-state index in [9.17, 15) is 5.11 Å². The van der Waals surface area contributed by atoms with E-state index in [1.165, 1.54) is 0 Å². The number of hydrogen-bond acceptors (Lipinski definition) is 3. The average molecular weight is 242 g/mol. The molecule has 0 aromatic carbocycles. The van der Waals surface area contributed by atoms with Crippen molar-refractivity contribution in [3.63, 3.8) is 0 Å². The van der Waals surface area contributed by atoms with Gasteiger partial charge in [-0.3, -0.25) is 9.97 Å². The van der Waals surface area contributed by atoms with Gasteiger partial charge < -0.3 is 5.11 Å². The summed E-state index contributed by atoms with van der Waals surface area (Å²) < 4.78 is 0. The molecule has 2 aromatic rings. The van der Waals surface area contributed by atoms with Crippen LogP contribution in [0.2, 0.25) is 0 Å². The Balaban J connectivity index is 2.32. The summed E-state index contributed by atoms with van der Waals surface area (Å²) in [6, 6.07) is 7.74. The SMILES string of the molecule is CCCC(O)c1ccnc(-c2cc(C)ccn2)c1. The number of nitrogens with zero attached hydrogens (tertiary/aromatic N) is 2. The van der Waals surface area contributed by atoms with Gasteiger partial charge in [-0.05, 0) is 48.7 Å². The van der Waals surface area contributed by atoms with Gasteiger partial charge in [-0.25, -0.2) is 0 Å². The van der Waals surface area contributed by atoms with Crippen molar-refractivity contribution in [1.29, 1.82) is 0 Å². The fourth-order valence-corrected chi connectivity index (χ4v) is 1.91. The fraction of sp³-hybridized carbons (Fsp3) is 0.333.